The van der Waals surface area contributed by atoms with Crippen molar-refractivity contribution in [3.8, 4) is 0 Å². The number of sulfonamides is 1. The second-order valence-electron chi connectivity index (χ2n) is 8.77. The molecule has 188 valence electrons. The van der Waals surface area contributed by atoms with Gasteiger partial charge in [-0.2, -0.15) is 0 Å². The van der Waals surface area contributed by atoms with Crippen LogP contribution in [-0.4, -0.2) is 24.6 Å². The van der Waals surface area contributed by atoms with Crippen LogP contribution in [0, 0.1) is 6.92 Å². The van der Waals surface area contributed by atoms with E-state index in [2.05, 4.69) is 39.7 Å². The molecule has 0 aliphatic carbocycles. The molecule has 0 atom stereocenters. The van der Waals surface area contributed by atoms with E-state index in [0.717, 1.165) is 33.6 Å². The van der Waals surface area contributed by atoms with Crippen LogP contribution in [0.4, 0.5) is 11.4 Å². The zero-order chi connectivity index (χ0) is 26.0. The molecule has 0 saturated carbocycles. The number of aromatic nitrogens is 1. The Morgan fingerprint density at radius 1 is 0.838 bits per heavy atom. The van der Waals surface area contributed by atoms with Gasteiger partial charge in [-0.1, -0.05) is 35.9 Å². The van der Waals surface area contributed by atoms with Crippen molar-refractivity contribution in [2.45, 2.75) is 30.2 Å². The van der Waals surface area contributed by atoms with E-state index in [1.54, 1.807) is 48.5 Å². The number of hydrogen-bond acceptors (Lipinski definition) is 4. The highest BCUT2D eigenvalue weighted by molar-refractivity contribution is 8.00. The minimum atomic E-state index is -3.66. The fraction of sp³-hybridized carbons (Fsp3) is 0.138. The Labute approximate surface area is 220 Å². The van der Waals surface area contributed by atoms with E-state index in [-0.39, 0.29) is 16.6 Å². The first-order valence-corrected chi connectivity index (χ1v) is 14.4. The first-order valence-electron chi connectivity index (χ1n) is 12.0. The van der Waals surface area contributed by atoms with Gasteiger partial charge in [0.2, 0.25) is 5.91 Å². The maximum atomic E-state index is 12.7. The number of rotatable bonds is 8. The van der Waals surface area contributed by atoms with E-state index in [1.807, 2.05) is 31.2 Å². The quantitative estimate of drug-likeness (QED) is 0.220. The van der Waals surface area contributed by atoms with Gasteiger partial charge in [-0.25, -0.2) is 8.42 Å². The summed E-state index contributed by atoms with van der Waals surface area (Å²) in [5, 5.41) is 5.29. The zero-order valence-corrected chi connectivity index (χ0v) is 22.2. The molecule has 0 radical (unpaired) electrons. The van der Waals surface area contributed by atoms with Crippen molar-refractivity contribution in [3.05, 3.63) is 96.6 Å². The number of nitrogens with one attached hydrogen (secondary N) is 2. The van der Waals surface area contributed by atoms with Crippen molar-refractivity contribution in [3.63, 3.8) is 0 Å². The van der Waals surface area contributed by atoms with Gasteiger partial charge in [0.1, 0.15) is 0 Å². The SMILES string of the molecule is CCn1c2ccccc2c2cc(NC(=O)CSc3ccc(NS(=O)(=O)c4ccc(C)cc4)cc3)ccc21. The summed E-state index contributed by atoms with van der Waals surface area (Å²) in [6, 6.07) is 28.0. The molecule has 0 fully saturated rings. The van der Waals surface area contributed by atoms with Crippen molar-refractivity contribution in [1.29, 1.82) is 0 Å². The van der Waals surface area contributed by atoms with Crippen molar-refractivity contribution in [1.82, 2.24) is 4.57 Å². The number of benzene rings is 4. The number of hydrogen-bond donors (Lipinski definition) is 2. The Hall–Kier alpha value is -3.75. The minimum absolute atomic E-state index is 0.104. The third-order valence-electron chi connectivity index (χ3n) is 6.18. The van der Waals surface area contributed by atoms with Crippen molar-refractivity contribution in [2.24, 2.45) is 0 Å². The molecule has 1 amide bonds. The van der Waals surface area contributed by atoms with Crippen LogP contribution in [0.15, 0.2) is 101 Å². The molecule has 0 saturated heterocycles. The third kappa shape index (κ3) is 5.35. The topological polar surface area (TPSA) is 80.2 Å². The lowest BCUT2D eigenvalue weighted by atomic mass is 10.1. The van der Waals surface area contributed by atoms with E-state index < -0.39 is 10.0 Å². The summed E-state index contributed by atoms with van der Waals surface area (Å²) < 4.78 is 30.0. The van der Waals surface area contributed by atoms with E-state index in [9.17, 15) is 13.2 Å². The lowest BCUT2D eigenvalue weighted by molar-refractivity contribution is -0.113. The lowest BCUT2D eigenvalue weighted by Gasteiger charge is -2.09. The summed E-state index contributed by atoms with van der Waals surface area (Å²) in [4.78, 5) is 13.7. The van der Waals surface area contributed by atoms with Crippen LogP contribution < -0.4 is 10.0 Å². The van der Waals surface area contributed by atoms with Crippen LogP contribution in [0.3, 0.4) is 0 Å². The Bertz CT molecular complexity index is 1690. The molecule has 1 aromatic heterocycles. The second-order valence-corrected chi connectivity index (χ2v) is 11.5. The van der Waals surface area contributed by atoms with Gasteiger partial charge >= 0.3 is 0 Å². The highest BCUT2D eigenvalue weighted by Crippen LogP contribution is 2.31. The van der Waals surface area contributed by atoms with Crippen molar-refractivity contribution >= 4 is 60.9 Å². The average Bonchev–Trinajstić information content (AvgIpc) is 3.21. The van der Waals surface area contributed by atoms with Gasteiger partial charge in [-0.3, -0.25) is 9.52 Å². The van der Waals surface area contributed by atoms with Crippen LogP contribution >= 0.6 is 11.8 Å². The molecule has 0 aliphatic heterocycles. The van der Waals surface area contributed by atoms with E-state index in [1.165, 1.54) is 22.7 Å². The first kappa shape index (κ1) is 24.9. The average molecular weight is 530 g/mol. The predicted octanol–water partition coefficient (Wildman–Crippen LogP) is 6.65. The summed E-state index contributed by atoms with van der Waals surface area (Å²) in [5.74, 6) is 0.135. The molecule has 0 unspecified atom stereocenters. The zero-order valence-electron chi connectivity index (χ0n) is 20.6. The van der Waals surface area contributed by atoms with Crippen LogP contribution in [0.5, 0.6) is 0 Å². The summed E-state index contributed by atoms with van der Waals surface area (Å²) in [6.07, 6.45) is 0. The molecular formula is C29H27N3O3S2. The van der Waals surface area contributed by atoms with Gasteiger partial charge in [0.25, 0.3) is 10.0 Å². The standard InChI is InChI=1S/C29H27N3O3S2/c1-3-32-27-7-5-4-6-25(27)26-18-22(12-17-28(26)32)30-29(33)19-36-23-13-10-21(11-14-23)31-37(34,35)24-15-8-20(2)9-16-24/h4-18,31H,3,19H2,1-2H3,(H,30,33). The van der Waals surface area contributed by atoms with Gasteiger partial charge in [-0.05, 0) is 74.5 Å². The van der Waals surface area contributed by atoms with Crippen LogP contribution in [0.25, 0.3) is 21.8 Å². The van der Waals surface area contributed by atoms with Gasteiger partial charge in [0.15, 0.2) is 0 Å². The van der Waals surface area contributed by atoms with Gasteiger partial charge in [0, 0.05) is 44.6 Å². The first-order chi connectivity index (χ1) is 17.8. The fourth-order valence-electron chi connectivity index (χ4n) is 4.37. The Kier molecular flexibility index (Phi) is 6.95. The Morgan fingerprint density at radius 3 is 2.24 bits per heavy atom. The van der Waals surface area contributed by atoms with E-state index >= 15 is 0 Å². The molecule has 5 rings (SSSR count). The fourth-order valence-corrected chi connectivity index (χ4v) is 6.13. The van der Waals surface area contributed by atoms with Gasteiger partial charge in [-0.15, -0.1) is 11.8 Å². The molecule has 8 heteroatoms. The molecule has 6 nitrogen and oxygen atoms in total. The summed E-state index contributed by atoms with van der Waals surface area (Å²) in [5.41, 5.74) is 4.55. The van der Waals surface area contributed by atoms with E-state index in [0.29, 0.717) is 5.69 Å². The molecule has 37 heavy (non-hydrogen) atoms. The maximum absolute atomic E-state index is 12.7. The molecule has 4 aromatic carbocycles. The van der Waals surface area contributed by atoms with Crippen LogP contribution in [0.1, 0.15) is 12.5 Å². The molecular weight excluding hydrogens is 502 g/mol. The largest absolute Gasteiger partial charge is 0.341 e. The number of fused-ring (bicyclic) bond motifs is 3. The molecule has 1 heterocycles. The minimum Gasteiger partial charge on any atom is -0.341 e. The molecule has 0 bridgehead atoms. The second kappa shape index (κ2) is 10.3. The normalized spacial score (nSPS) is 11.6. The molecule has 2 N–H and O–H groups in total. The van der Waals surface area contributed by atoms with Gasteiger partial charge in [0.05, 0.1) is 10.6 Å². The number of aryl methyl sites for hydroxylation is 2. The summed E-state index contributed by atoms with van der Waals surface area (Å²) >= 11 is 1.39. The summed E-state index contributed by atoms with van der Waals surface area (Å²) in [6.45, 7) is 4.91. The number of anilines is 2. The predicted molar refractivity (Wildman–Crippen MR) is 153 cm³/mol. The number of amides is 1. The maximum Gasteiger partial charge on any atom is 0.261 e. The Balaban J connectivity index is 1.22. The molecule has 0 aliphatic rings. The number of carbonyl (C=O) groups excluding carboxylic acids is 1. The van der Waals surface area contributed by atoms with E-state index in [4.69, 9.17) is 0 Å². The lowest BCUT2D eigenvalue weighted by Crippen LogP contribution is -2.14. The highest BCUT2D eigenvalue weighted by Gasteiger charge is 2.14. The molecule has 5 aromatic rings. The number of para-hydroxylation sites is 1. The molecule has 0 spiro atoms. The number of nitrogens with zero attached hydrogens (tertiary/aromatic N) is 1. The smallest absolute Gasteiger partial charge is 0.261 e. The third-order valence-corrected chi connectivity index (χ3v) is 8.59. The van der Waals surface area contributed by atoms with Crippen LogP contribution in [0.2, 0.25) is 0 Å². The summed E-state index contributed by atoms with van der Waals surface area (Å²) in [7, 11) is -3.66. The van der Waals surface area contributed by atoms with Crippen molar-refractivity contribution < 1.29 is 13.2 Å². The highest BCUT2D eigenvalue weighted by atomic mass is 32.2. The Morgan fingerprint density at radius 2 is 1.51 bits per heavy atom. The number of carbonyl (C=O) groups is 1. The number of thioether (sulfide) groups is 1. The van der Waals surface area contributed by atoms with Gasteiger partial charge < -0.3 is 9.88 Å². The monoisotopic (exact) mass is 529 g/mol. The van der Waals surface area contributed by atoms with Crippen molar-refractivity contribution in [2.75, 3.05) is 15.8 Å². The van der Waals surface area contributed by atoms with Crippen LogP contribution in [-0.2, 0) is 21.4 Å².